The van der Waals surface area contributed by atoms with E-state index < -0.39 is 22.5 Å². The van der Waals surface area contributed by atoms with Crippen LogP contribution in [0.1, 0.15) is 16.7 Å². The van der Waals surface area contributed by atoms with Crippen LogP contribution in [-0.2, 0) is 22.5 Å². The van der Waals surface area contributed by atoms with Crippen LogP contribution in [0.5, 0.6) is 11.5 Å². The van der Waals surface area contributed by atoms with Crippen LogP contribution in [0.25, 0.3) is 26.7 Å². The highest BCUT2D eigenvalue weighted by atomic mass is 35.5. The molecule has 2 atom stereocenters. The van der Waals surface area contributed by atoms with Gasteiger partial charge in [0.15, 0.2) is 0 Å². The number of hydrogen-bond donors (Lipinski definition) is 3. The lowest BCUT2D eigenvalue weighted by atomic mass is 10.1. The second-order valence-corrected chi connectivity index (χ2v) is 11.2. The molecule has 0 bridgehead atoms. The van der Waals surface area contributed by atoms with E-state index in [0.717, 1.165) is 11.1 Å². The van der Waals surface area contributed by atoms with Gasteiger partial charge in [0.2, 0.25) is 23.0 Å². The van der Waals surface area contributed by atoms with Gasteiger partial charge in [0.05, 0.1) is 17.9 Å². The summed E-state index contributed by atoms with van der Waals surface area (Å²) in [5.41, 5.74) is 4.37. The van der Waals surface area contributed by atoms with Gasteiger partial charge in [-0.15, -0.1) is 5.10 Å². The molecule has 2 aromatic heterocycles. The minimum Gasteiger partial charge on any atom is -0.385 e. The number of hydrogen-bond acceptors (Lipinski definition) is 5. The Labute approximate surface area is 251 Å². The molecule has 0 spiro atoms. The van der Waals surface area contributed by atoms with Gasteiger partial charge in [0.25, 0.3) is 0 Å². The zero-order valence-electron chi connectivity index (χ0n) is 22.4. The number of aromatic amines is 1. The van der Waals surface area contributed by atoms with E-state index >= 15 is 0 Å². The Bertz CT molecular complexity index is 1970. The van der Waals surface area contributed by atoms with E-state index in [0.29, 0.717) is 45.5 Å². The highest BCUT2D eigenvalue weighted by Crippen LogP contribution is 2.43. The maximum atomic E-state index is 12.9. The molecule has 0 saturated carbocycles. The number of aromatic nitrogens is 3. The minimum absolute atomic E-state index is 0.0399. The van der Waals surface area contributed by atoms with Crippen molar-refractivity contribution >= 4 is 62.7 Å². The molecule has 0 amide bonds. The van der Waals surface area contributed by atoms with E-state index in [4.69, 9.17) is 33.1 Å². The van der Waals surface area contributed by atoms with Crippen molar-refractivity contribution in [1.29, 1.82) is 0 Å². The first kappa shape index (κ1) is 28.7. The summed E-state index contributed by atoms with van der Waals surface area (Å²) in [5, 5.41) is 7.16. The zero-order chi connectivity index (χ0) is 30.0. The average molecular weight is 620 g/mol. The van der Waals surface area contributed by atoms with Gasteiger partial charge in [0, 0.05) is 11.6 Å². The Hall–Kier alpha value is -4.82. The maximum Gasteiger partial charge on any atom is 0.316 e. The molecule has 0 saturated heterocycles. The molecule has 3 aromatic carbocycles. The smallest absolute Gasteiger partial charge is 0.316 e. The molecule has 42 heavy (non-hydrogen) atoms. The molecule has 0 aliphatic rings. The second-order valence-electron chi connectivity index (χ2n) is 9.11. The van der Waals surface area contributed by atoms with Crippen LogP contribution in [0, 0.1) is 33.9 Å². The summed E-state index contributed by atoms with van der Waals surface area (Å²) in [6.07, 6.45) is 0. The van der Waals surface area contributed by atoms with Gasteiger partial charge in [0.1, 0.15) is 16.5 Å². The van der Waals surface area contributed by atoms with Crippen molar-refractivity contribution in [3.05, 3.63) is 105 Å². The Morgan fingerprint density at radius 1 is 0.881 bits per heavy atom. The largest absolute Gasteiger partial charge is 0.385 e. The van der Waals surface area contributed by atoms with Crippen molar-refractivity contribution in [3.8, 4) is 22.9 Å². The molecule has 212 valence electrons. The first-order valence-corrected chi connectivity index (χ1v) is 14.8. The molecular formula is C28H22ClN7O4S2. The lowest BCUT2D eigenvalue weighted by molar-refractivity contribution is 0.563. The fourth-order valence-corrected chi connectivity index (χ4v) is 5.71. The fourth-order valence-electron chi connectivity index (χ4n) is 4.05. The van der Waals surface area contributed by atoms with Gasteiger partial charge in [-0.05, 0) is 67.8 Å². The van der Waals surface area contributed by atoms with Gasteiger partial charge in [-0.25, -0.2) is 14.3 Å². The molecule has 2 unspecified atom stereocenters. The third kappa shape index (κ3) is 5.80. The number of nitrogens with one attached hydrogen (secondary N) is 3. The van der Waals surface area contributed by atoms with Crippen molar-refractivity contribution in [2.75, 3.05) is 9.44 Å². The van der Waals surface area contributed by atoms with Crippen LogP contribution in [0.2, 0.25) is 5.02 Å². The van der Waals surface area contributed by atoms with Gasteiger partial charge in [-0.1, -0.05) is 42.4 Å². The van der Waals surface area contributed by atoms with E-state index in [1.807, 2.05) is 26.0 Å². The van der Waals surface area contributed by atoms with Crippen LogP contribution < -0.4 is 17.8 Å². The standard InChI is InChI=1S/C28H22ClN7O4S2/c1-16-9-10-17(2)22(13-16)39-42(38)35-21-12-11-18(3)23(15-21)40-41(37)34-20-8-6-7-19(14-20)26-32-33-27-24(29)25(30-4)28(31-5)36(26)27/h6-15,33-35H,1-3H3. The SMILES string of the molecule is [C-]#[N+]c1c(Cl)c2[nH]nc(-c3cccc(NS(=O)Oc4cc(NS(=O)Oc5cc(C)ccc5C)ccc4C)c3)n2c1[N+]#[C-]. The first-order valence-electron chi connectivity index (χ1n) is 12.2. The van der Waals surface area contributed by atoms with Crippen LogP contribution in [0.3, 0.4) is 0 Å². The van der Waals surface area contributed by atoms with E-state index in [-0.39, 0.29) is 16.5 Å². The monoisotopic (exact) mass is 619 g/mol. The number of rotatable bonds is 9. The van der Waals surface area contributed by atoms with Crippen LogP contribution in [0.15, 0.2) is 60.7 Å². The molecule has 14 heteroatoms. The molecule has 0 radical (unpaired) electrons. The van der Waals surface area contributed by atoms with Crippen molar-refractivity contribution < 1.29 is 16.8 Å². The van der Waals surface area contributed by atoms with Crippen molar-refractivity contribution in [2.24, 2.45) is 0 Å². The highest BCUT2D eigenvalue weighted by molar-refractivity contribution is 7.82. The van der Waals surface area contributed by atoms with Gasteiger partial charge in [-0.3, -0.25) is 9.44 Å². The maximum absolute atomic E-state index is 12.9. The Balaban J connectivity index is 1.30. The summed E-state index contributed by atoms with van der Waals surface area (Å²) >= 11 is 2.38. The number of H-pyrrole nitrogens is 1. The lowest BCUT2D eigenvalue weighted by Gasteiger charge is -2.13. The zero-order valence-corrected chi connectivity index (χ0v) is 24.8. The van der Waals surface area contributed by atoms with E-state index in [1.54, 1.807) is 55.5 Å². The van der Waals surface area contributed by atoms with Gasteiger partial charge in [-0.2, -0.15) is 8.42 Å². The van der Waals surface area contributed by atoms with E-state index in [2.05, 4.69) is 29.3 Å². The molecule has 5 rings (SSSR count). The summed E-state index contributed by atoms with van der Waals surface area (Å²) in [6, 6.07) is 17.5. The fraction of sp³-hybridized carbons (Fsp3) is 0.107. The van der Waals surface area contributed by atoms with Gasteiger partial charge < -0.3 is 13.2 Å². The average Bonchev–Trinajstić information content (AvgIpc) is 3.50. The summed E-state index contributed by atoms with van der Waals surface area (Å²) in [6.45, 7) is 20.5. The van der Waals surface area contributed by atoms with E-state index in [1.165, 1.54) is 4.40 Å². The number of benzene rings is 3. The predicted molar refractivity (Wildman–Crippen MR) is 164 cm³/mol. The number of halogens is 1. The predicted octanol–water partition coefficient (Wildman–Crippen LogP) is 7.15. The topological polar surface area (TPSA) is 118 Å². The Morgan fingerprint density at radius 2 is 1.52 bits per heavy atom. The molecule has 11 nitrogen and oxygen atoms in total. The number of nitrogens with zero attached hydrogens (tertiary/aromatic N) is 4. The summed E-state index contributed by atoms with van der Waals surface area (Å²) in [4.78, 5) is 6.84. The van der Waals surface area contributed by atoms with Crippen LogP contribution in [0.4, 0.5) is 22.9 Å². The molecule has 2 heterocycles. The van der Waals surface area contributed by atoms with Crippen molar-refractivity contribution in [2.45, 2.75) is 20.8 Å². The highest BCUT2D eigenvalue weighted by Gasteiger charge is 2.25. The molecule has 0 aliphatic carbocycles. The van der Waals surface area contributed by atoms with E-state index in [9.17, 15) is 8.42 Å². The van der Waals surface area contributed by atoms with Crippen LogP contribution >= 0.6 is 11.6 Å². The third-order valence-electron chi connectivity index (χ3n) is 6.15. The number of fused-ring (bicyclic) bond motifs is 1. The number of anilines is 2. The molecule has 5 aromatic rings. The Morgan fingerprint density at radius 3 is 2.19 bits per heavy atom. The molecular weight excluding hydrogens is 598 g/mol. The molecule has 0 fully saturated rings. The summed E-state index contributed by atoms with van der Waals surface area (Å²) < 4.78 is 43.8. The van der Waals surface area contributed by atoms with Gasteiger partial charge >= 0.3 is 22.5 Å². The minimum atomic E-state index is -2.01. The first-order chi connectivity index (χ1) is 20.2. The summed E-state index contributed by atoms with van der Waals surface area (Å²) in [7, 11) is 0. The Kier molecular flexibility index (Phi) is 8.17. The number of aryl methyl sites for hydroxylation is 3. The van der Waals surface area contributed by atoms with Crippen molar-refractivity contribution in [1.82, 2.24) is 14.6 Å². The quantitative estimate of drug-likeness (QED) is 0.151. The molecule has 0 aliphatic heterocycles. The normalized spacial score (nSPS) is 12.2. The lowest BCUT2D eigenvalue weighted by Crippen LogP contribution is -2.13. The molecule has 3 N–H and O–H groups in total. The van der Waals surface area contributed by atoms with Crippen molar-refractivity contribution in [3.63, 3.8) is 0 Å². The third-order valence-corrected chi connectivity index (χ3v) is 7.97. The summed E-state index contributed by atoms with van der Waals surface area (Å²) in [5.74, 6) is 1.21. The second kappa shape index (κ2) is 12.0. The van der Waals surface area contributed by atoms with Crippen LogP contribution in [-0.4, -0.2) is 23.0 Å².